The first-order valence-corrected chi connectivity index (χ1v) is 1.49. The van der Waals surface area contributed by atoms with Gasteiger partial charge in [-0.05, 0) is 12.6 Å². The average Bonchev–Trinajstić information content (AvgIpc) is 1.38. The van der Waals surface area contributed by atoms with Crippen LogP contribution in [0.15, 0.2) is 0 Å². The van der Waals surface area contributed by atoms with Gasteiger partial charge in [0.05, 0.1) is 0 Å². The lowest BCUT2D eigenvalue weighted by Gasteiger charge is -1.69. The third-order valence-electron chi connectivity index (χ3n) is 0.129. The van der Waals surface area contributed by atoms with E-state index in [2.05, 4.69) is 12.6 Å². The molecule has 0 saturated carbocycles. The zero-order valence-corrected chi connectivity index (χ0v) is 3.29. The van der Waals surface area contributed by atoms with Crippen LogP contribution >= 0.6 is 12.6 Å². The van der Waals surface area contributed by atoms with Crippen LogP contribution in [-0.4, -0.2) is 16.8 Å². The molecule has 1 radical (unpaired) electrons. The lowest BCUT2D eigenvalue weighted by Crippen LogP contribution is -1.89. The molecule has 0 fully saturated rings. The normalized spacial score (nSPS) is 7.40. The summed E-state index contributed by atoms with van der Waals surface area (Å²) in [6.45, 7) is -0.519. The molecule has 0 aromatic rings. The van der Waals surface area contributed by atoms with Crippen molar-refractivity contribution in [2.75, 3.05) is 6.61 Å². The molecule has 0 aliphatic carbocycles. The van der Waals surface area contributed by atoms with Crippen molar-refractivity contribution in [2.24, 2.45) is 0 Å². The van der Waals surface area contributed by atoms with Crippen molar-refractivity contribution in [3.8, 4) is 0 Å². The van der Waals surface area contributed by atoms with Gasteiger partial charge in [-0.25, -0.2) is 0 Å². The number of aliphatic hydroxyl groups excluding tert-OH is 1. The van der Waals surface area contributed by atoms with Gasteiger partial charge in [0.25, 0.3) is 0 Å². The zero-order chi connectivity index (χ0) is 4.28. The van der Waals surface area contributed by atoms with Gasteiger partial charge in [-0.2, -0.15) is 0 Å². The second kappa shape index (κ2) is 2.11. The highest BCUT2D eigenvalue weighted by Gasteiger charge is 1.82. The number of hydrogen-bond donors (Lipinski definition) is 1. The summed E-state index contributed by atoms with van der Waals surface area (Å²) in [7, 11) is 0. The van der Waals surface area contributed by atoms with Crippen LogP contribution in [0.25, 0.3) is 0 Å². The van der Waals surface area contributed by atoms with Gasteiger partial charge >= 0.3 is 0 Å². The summed E-state index contributed by atoms with van der Waals surface area (Å²) in [5, 5.41) is 7.08. The maximum Gasteiger partial charge on any atom is 0.244 e. The van der Waals surface area contributed by atoms with Crippen molar-refractivity contribution in [1.29, 1.82) is 0 Å². The Hall–Kier alpha value is -0.150. The van der Waals surface area contributed by atoms with Crippen molar-refractivity contribution in [1.82, 2.24) is 0 Å². The summed E-state index contributed by atoms with van der Waals surface area (Å²) in [6, 6.07) is 0. The third-order valence-corrected chi connectivity index (χ3v) is 0.258. The molecule has 0 atom stereocenters. The van der Waals surface area contributed by atoms with Gasteiger partial charge in [-0.3, -0.25) is 4.79 Å². The standard InChI is InChI=1S/C2H3O2S/c3-1-2(4)5/h3H,1H2. The van der Waals surface area contributed by atoms with Crippen LogP contribution in [-0.2, 0) is 4.79 Å². The topological polar surface area (TPSA) is 37.3 Å². The summed E-state index contributed by atoms with van der Waals surface area (Å²) in [6.07, 6.45) is 0. The van der Waals surface area contributed by atoms with Gasteiger partial charge in [0.2, 0.25) is 5.12 Å². The molecule has 5 heavy (non-hydrogen) atoms. The first-order valence-electron chi connectivity index (χ1n) is 1.08. The minimum Gasteiger partial charge on any atom is -0.387 e. The Morgan fingerprint density at radius 1 is 2.00 bits per heavy atom. The molecule has 0 rings (SSSR count). The smallest absolute Gasteiger partial charge is 0.244 e. The largest absolute Gasteiger partial charge is 0.387 e. The molecule has 2 nitrogen and oxygen atoms in total. The summed E-state index contributed by atoms with van der Waals surface area (Å²) >= 11 is 3.89. The van der Waals surface area contributed by atoms with E-state index in [1.165, 1.54) is 0 Å². The molecule has 0 unspecified atom stereocenters. The molecule has 0 aliphatic heterocycles. The average molecular weight is 91.1 g/mol. The maximum absolute atomic E-state index is 9.38. The monoisotopic (exact) mass is 91.0 g/mol. The molecule has 0 saturated heterocycles. The van der Waals surface area contributed by atoms with Gasteiger partial charge in [-0.15, -0.1) is 0 Å². The molecule has 0 aromatic heterocycles. The van der Waals surface area contributed by atoms with Crippen LogP contribution in [0.1, 0.15) is 0 Å². The fraction of sp³-hybridized carbons (Fsp3) is 0.500. The van der Waals surface area contributed by atoms with Crippen LogP contribution in [0.5, 0.6) is 0 Å². The predicted octanol–water partition coefficient (Wildman–Crippen LogP) is -0.297. The Labute approximate surface area is 35.2 Å². The molecular weight excluding hydrogens is 88.1 g/mol. The number of carbonyl (C=O) groups is 1. The molecule has 0 aliphatic rings. The highest BCUT2D eigenvalue weighted by atomic mass is 32.1. The fourth-order valence-corrected chi connectivity index (χ4v) is 0. The van der Waals surface area contributed by atoms with E-state index in [0.29, 0.717) is 0 Å². The van der Waals surface area contributed by atoms with E-state index >= 15 is 0 Å². The third kappa shape index (κ3) is 3.85. The van der Waals surface area contributed by atoms with Crippen molar-refractivity contribution < 1.29 is 9.90 Å². The van der Waals surface area contributed by atoms with Crippen molar-refractivity contribution in [3.63, 3.8) is 0 Å². The van der Waals surface area contributed by atoms with Crippen LogP contribution in [0, 0.1) is 0 Å². The molecule has 0 spiro atoms. The highest BCUT2D eigenvalue weighted by Crippen LogP contribution is 1.69. The van der Waals surface area contributed by atoms with E-state index < -0.39 is 11.7 Å². The van der Waals surface area contributed by atoms with Gasteiger partial charge < -0.3 is 5.11 Å². The van der Waals surface area contributed by atoms with Crippen LogP contribution in [0.3, 0.4) is 0 Å². The van der Waals surface area contributed by atoms with Gasteiger partial charge in [0.1, 0.15) is 6.61 Å². The summed E-state index contributed by atoms with van der Waals surface area (Å²) in [5.41, 5.74) is 0. The second-order valence-electron chi connectivity index (χ2n) is 0.530. The number of rotatable bonds is 1. The summed E-state index contributed by atoms with van der Waals surface area (Å²) in [5.74, 6) is 0. The minimum atomic E-state index is -0.606. The first kappa shape index (κ1) is 4.85. The number of carbonyl (C=O) groups excluding carboxylic acids is 1. The Balaban J connectivity index is 2.85. The minimum absolute atomic E-state index is 0.519. The lowest BCUT2D eigenvalue weighted by atomic mass is 10.8. The number of hydrogen-bond acceptors (Lipinski definition) is 2. The van der Waals surface area contributed by atoms with Gasteiger partial charge in [0.15, 0.2) is 0 Å². The summed E-state index contributed by atoms with van der Waals surface area (Å²) in [4.78, 5) is 9.38. The van der Waals surface area contributed by atoms with E-state index in [-0.39, 0.29) is 0 Å². The van der Waals surface area contributed by atoms with E-state index in [1.54, 1.807) is 0 Å². The van der Waals surface area contributed by atoms with Gasteiger partial charge in [-0.1, -0.05) is 0 Å². The molecule has 0 amide bonds. The zero-order valence-electron chi connectivity index (χ0n) is 2.47. The summed E-state index contributed by atoms with van der Waals surface area (Å²) < 4.78 is 0. The molecule has 3 heteroatoms. The molecular formula is C2H3O2S. The number of aliphatic hydroxyl groups is 1. The molecule has 1 N–H and O–H groups in total. The van der Waals surface area contributed by atoms with Crippen LogP contribution in [0.4, 0.5) is 0 Å². The van der Waals surface area contributed by atoms with E-state index in [9.17, 15) is 4.79 Å². The Bertz CT molecular complexity index is 42.9. The van der Waals surface area contributed by atoms with E-state index in [0.717, 1.165) is 0 Å². The maximum atomic E-state index is 9.38. The van der Waals surface area contributed by atoms with Crippen molar-refractivity contribution in [3.05, 3.63) is 0 Å². The van der Waals surface area contributed by atoms with Crippen LogP contribution in [0.2, 0.25) is 0 Å². The highest BCUT2D eigenvalue weighted by molar-refractivity contribution is 7.96. The quantitative estimate of drug-likeness (QED) is 0.481. The Morgan fingerprint density at radius 3 is 2.20 bits per heavy atom. The Morgan fingerprint density at radius 2 is 2.20 bits per heavy atom. The van der Waals surface area contributed by atoms with Crippen molar-refractivity contribution >= 4 is 17.7 Å². The molecule has 0 aromatic carbocycles. The molecule has 29 valence electrons. The Kier molecular flexibility index (Phi) is 2.05. The second-order valence-corrected chi connectivity index (χ2v) is 0.985. The SMILES string of the molecule is O=C([S])CO. The van der Waals surface area contributed by atoms with E-state index in [1.807, 2.05) is 0 Å². The molecule has 0 bridgehead atoms. The fourth-order valence-electron chi connectivity index (χ4n) is 0. The van der Waals surface area contributed by atoms with Crippen LogP contribution < -0.4 is 0 Å². The first-order chi connectivity index (χ1) is 2.27. The van der Waals surface area contributed by atoms with Gasteiger partial charge in [0, 0.05) is 0 Å². The lowest BCUT2D eigenvalue weighted by molar-refractivity contribution is -0.113. The van der Waals surface area contributed by atoms with E-state index in [4.69, 9.17) is 5.11 Å². The van der Waals surface area contributed by atoms with Crippen molar-refractivity contribution in [2.45, 2.75) is 0 Å². The predicted molar refractivity (Wildman–Crippen MR) is 19.7 cm³/mol. The molecule has 0 heterocycles.